The van der Waals surface area contributed by atoms with Crippen molar-refractivity contribution in [3.05, 3.63) is 65.7 Å². The molecule has 0 aliphatic rings. The summed E-state index contributed by atoms with van der Waals surface area (Å²) in [6, 6.07) is 16.6. The maximum Gasteiger partial charge on any atom is 0.390 e. The van der Waals surface area contributed by atoms with Gasteiger partial charge in [0.15, 0.2) is 0 Å². The lowest BCUT2D eigenvalue weighted by Crippen LogP contribution is -2.04. The van der Waals surface area contributed by atoms with Gasteiger partial charge < -0.3 is 4.74 Å². The van der Waals surface area contributed by atoms with E-state index < -0.39 is 5.97 Å². The van der Waals surface area contributed by atoms with E-state index in [1.165, 1.54) is 0 Å². The number of esters is 1. The Hall–Kier alpha value is -2.53. The standard InChI is InChI=1S/C16H12O2/c1-13-7-10-15(11-8-13)18-16(17)12-9-14-5-3-2-4-6-14/h2-8,10-11H,1H3. The van der Waals surface area contributed by atoms with Crippen molar-refractivity contribution in [2.45, 2.75) is 6.92 Å². The second-order valence-electron chi connectivity index (χ2n) is 3.82. The summed E-state index contributed by atoms with van der Waals surface area (Å²) in [5.74, 6) is 5.16. The van der Waals surface area contributed by atoms with Crippen LogP contribution in [0, 0.1) is 18.8 Å². The van der Waals surface area contributed by atoms with Crippen molar-refractivity contribution in [1.29, 1.82) is 0 Å². The van der Waals surface area contributed by atoms with Gasteiger partial charge in [-0.1, -0.05) is 41.8 Å². The number of ether oxygens (including phenoxy) is 1. The van der Waals surface area contributed by atoms with Gasteiger partial charge in [-0.25, -0.2) is 4.79 Å². The first kappa shape index (κ1) is 11.9. The summed E-state index contributed by atoms with van der Waals surface area (Å²) in [5.41, 5.74) is 1.91. The molecule has 0 saturated carbocycles. The molecule has 2 rings (SSSR count). The molecule has 0 saturated heterocycles. The van der Waals surface area contributed by atoms with E-state index in [4.69, 9.17) is 4.74 Å². The average molecular weight is 236 g/mol. The molecule has 0 amide bonds. The van der Waals surface area contributed by atoms with E-state index >= 15 is 0 Å². The van der Waals surface area contributed by atoms with E-state index in [0.29, 0.717) is 5.75 Å². The van der Waals surface area contributed by atoms with Crippen molar-refractivity contribution < 1.29 is 9.53 Å². The molecule has 0 aliphatic carbocycles. The number of benzene rings is 2. The molecular formula is C16H12O2. The molecule has 88 valence electrons. The second kappa shape index (κ2) is 5.70. The van der Waals surface area contributed by atoms with Gasteiger partial charge in [-0.05, 0) is 31.2 Å². The third kappa shape index (κ3) is 3.50. The molecule has 2 aromatic carbocycles. The highest BCUT2D eigenvalue weighted by molar-refractivity contribution is 5.90. The summed E-state index contributed by atoms with van der Waals surface area (Å²) in [6.45, 7) is 1.97. The zero-order chi connectivity index (χ0) is 12.8. The molecule has 2 nitrogen and oxygen atoms in total. The van der Waals surface area contributed by atoms with E-state index in [1.54, 1.807) is 12.1 Å². The van der Waals surface area contributed by atoms with E-state index in [-0.39, 0.29) is 0 Å². The molecule has 0 heterocycles. The van der Waals surface area contributed by atoms with Crippen LogP contribution in [0.15, 0.2) is 54.6 Å². The Balaban J connectivity index is 2.01. The number of hydrogen-bond acceptors (Lipinski definition) is 2. The number of carbonyl (C=O) groups is 1. The lowest BCUT2D eigenvalue weighted by Gasteiger charge is -1.99. The van der Waals surface area contributed by atoms with Crippen LogP contribution in [-0.4, -0.2) is 5.97 Å². The Morgan fingerprint density at radius 1 is 1.00 bits per heavy atom. The second-order valence-corrected chi connectivity index (χ2v) is 3.82. The highest BCUT2D eigenvalue weighted by atomic mass is 16.5. The Bertz CT molecular complexity index is 586. The Labute approximate surface area is 106 Å². The normalized spacial score (nSPS) is 9.17. The Morgan fingerprint density at radius 3 is 2.33 bits per heavy atom. The van der Waals surface area contributed by atoms with Gasteiger partial charge in [0.1, 0.15) is 5.75 Å². The van der Waals surface area contributed by atoms with Crippen LogP contribution < -0.4 is 4.74 Å². The first-order chi connectivity index (χ1) is 8.74. The topological polar surface area (TPSA) is 26.3 Å². The predicted molar refractivity (Wildman–Crippen MR) is 70.1 cm³/mol. The molecule has 0 atom stereocenters. The average Bonchev–Trinajstić information content (AvgIpc) is 2.40. The van der Waals surface area contributed by atoms with Crippen molar-refractivity contribution in [2.24, 2.45) is 0 Å². The molecule has 2 heteroatoms. The van der Waals surface area contributed by atoms with Crippen molar-refractivity contribution >= 4 is 5.97 Å². The van der Waals surface area contributed by atoms with Gasteiger partial charge >= 0.3 is 5.97 Å². The fraction of sp³-hybridized carbons (Fsp3) is 0.0625. The van der Waals surface area contributed by atoms with Gasteiger partial charge in [0.25, 0.3) is 0 Å². The molecule has 18 heavy (non-hydrogen) atoms. The van der Waals surface area contributed by atoms with Crippen LogP contribution in [0.5, 0.6) is 5.75 Å². The first-order valence-electron chi connectivity index (χ1n) is 5.59. The number of rotatable bonds is 1. The van der Waals surface area contributed by atoms with Gasteiger partial charge in [0.2, 0.25) is 0 Å². The highest BCUT2D eigenvalue weighted by Crippen LogP contribution is 2.11. The highest BCUT2D eigenvalue weighted by Gasteiger charge is 1.99. The molecule has 0 bridgehead atoms. The van der Waals surface area contributed by atoms with Crippen LogP contribution in [0.25, 0.3) is 0 Å². The van der Waals surface area contributed by atoms with Crippen LogP contribution in [0.2, 0.25) is 0 Å². The third-order valence-corrected chi connectivity index (χ3v) is 2.31. The number of carbonyl (C=O) groups excluding carboxylic acids is 1. The molecule has 0 fully saturated rings. The van der Waals surface area contributed by atoms with Crippen LogP contribution in [0.4, 0.5) is 0 Å². The van der Waals surface area contributed by atoms with Crippen molar-refractivity contribution in [2.75, 3.05) is 0 Å². The third-order valence-electron chi connectivity index (χ3n) is 2.31. The van der Waals surface area contributed by atoms with Gasteiger partial charge in [0.05, 0.1) is 0 Å². The van der Waals surface area contributed by atoms with Gasteiger partial charge in [0, 0.05) is 11.5 Å². The minimum atomic E-state index is -0.553. The fourth-order valence-electron chi connectivity index (χ4n) is 1.38. The van der Waals surface area contributed by atoms with E-state index in [9.17, 15) is 4.79 Å². The van der Waals surface area contributed by atoms with Gasteiger partial charge in [-0.2, -0.15) is 0 Å². The van der Waals surface area contributed by atoms with Crippen LogP contribution in [-0.2, 0) is 4.79 Å². The number of hydrogen-bond donors (Lipinski definition) is 0. The molecule has 0 radical (unpaired) electrons. The largest absolute Gasteiger partial charge is 0.417 e. The Morgan fingerprint density at radius 2 is 1.67 bits per heavy atom. The molecule has 0 aromatic heterocycles. The Kier molecular flexibility index (Phi) is 3.78. The molecule has 0 aliphatic heterocycles. The van der Waals surface area contributed by atoms with Gasteiger partial charge in [-0.15, -0.1) is 0 Å². The van der Waals surface area contributed by atoms with Gasteiger partial charge in [-0.3, -0.25) is 0 Å². The number of aryl methyl sites for hydroxylation is 1. The summed E-state index contributed by atoms with van der Waals surface area (Å²) in [7, 11) is 0. The maximum atomic E-state index is 11.5. The summed E-state index contributed by atoms with van der Waals surface area (Å²) in [4.78, 5) is 11.5. The monoisotopic (exact) mass is 236 g/mol. The van der Waals surface area contributed by atoms with E-state index in [1.807, 2.05) is 49.4 Å². The van der Waals surface area contributed by atoms with E-state index in [0.717, 1.165) is 11.1 Å². The van der Waals surface area contributed by atoms with Crippen LogP contribution >= 0.6 is 0 Å². The summed E-state index contributed by atoms with van der Waals surface area (Å²) in [5, 5.41) is 0. The van der Waals surface area contributed by atoms with Crippen LogP contribution in [0.1, 0.15) is 11.1 Å². The zero-order valence-electron chi connectivity index (χ0n) is 10.0. The quantitative estimate of drug-likeness (QED) is 0.432. The molecule has 0 unspecified atom stereocenters. The van der Waals surface area contributed by atoms with Crippen molar-refractivity contribution in [3.8, 4) is 17.6 Å². The zero-order valence-corrected chi connectivity index (χ0v) is 10.0. The molecule has 2 aromatic rings. The SMILES string of the molecule is Cc1ccc(OC(=O)C#Cc2ccccc2)cc1. The fourth-order valence-corrected chi connectivity index (χ4v) is 1.38. The lowest BCUT2D eigenvalue weighted by atomic mass is 10.2. The molecular weight excluding hydrogens is 224 g/mol. The lowest BCUT2D eigenvalue weighted by molar-refractivity contribution is -0.128. The van der Waals surface area contributed by atoms with E-state index in [2.05, 4.69) is 11.8 Å². The summed E-state index contributed by atoms with van der Waals surface area (Å²) in [6.07, 6.45) is 0. The molecule has 0 N–H and O–H groups in total. The smallest absolute Gasteiger partial charge is 0.390 e. The first-order valence-corrected chi connectivity index (χ1v) is 5.59. The minimum absolute atomic E-state index is 0.507. The van der Waals surface area contributed by atoms with Crippen LogP contribution in [0.3, 0.4) is 0 Å². The summed E-state index contributed by atoms with van der Waals surface area (Å²) < 4.78 is 5.08. The predicted octanol–water partition coefficient (Wildman–Crippen LogP) is 2.95. The summed E-state index contributed by atoms with van der Waals surface area (Å²) >= 11 is 0. The van der Waals surface area contributed by atoms with Crippen molar-refractivity contribution in [3.63, 3.8) is 0 Å². The maximum absolute atomic E-state index is 11.5. The molecule has 0 spiro atoms. The minimum Gasteiger partial charge on any atom is -0.417 e. The van der Waals surface area contributed by atoms with Crippen molar-refractivity contribution in [1.82, 2.24) is 0 Å².